The molecule has 0 radical (unpaired) electrons. The molecule has 33 heavy (non-hydrogen) atoms. The first-order valence-corrected chi connectivity index (χ1v) is 10.2. The Labute approximate surface area is 187 Å². The van der Waals surface area contributed by atoms with E-state index in [0.29, 0.717) is 37.4 Å². The standard InChI is InChI=1S/C22H20F3N5O3/c1-15-20(14-26-29(15)19-4-2-3-16(13-19)22(23,24)25)21(31)28-11-9-27(10-12-28)17-5-7-18(8-6-17)30(32)33/h2-8,13-14H,9-12H2,1H3. The molecule has 0 aliphatic carbocycles. The summed E-state index contributed by atoms with van der Waals surface area (Å²) in [7, 11) is 0. The molecule has 4 rings (SSSR count). The fraction of sp³-hybridized carbons (Fsp3) is 0.273. The summed E-state index contributed by atoms with van der Waals surface area (Å²) in [6.07, 6.45) is -3.10. The van der Waals surface area contributed by atoms with Crippen LogP contribution in [0.3, 0.4) is 0 Å². The summed E-state index contributed by atoms with van der Waals surface area (Å²) in [5.41, 5.74) is 1.07. The lowest BCUT2D eigenvalue weighted by atomic mass is 10.1. The van der Waals surface area contributed by atoms with E-state index in [-0.39, 0.29) is 17.3 Å². The molecular formula is C22H20F3N5O3. The van der Waals surface area contributed by atoms with Crippen molar-refractivity contribution >= 4 is 17.3 Å². The van der Waals surface area contributed by atoms with Crippen LogP contribution in [0, 0.1) is 17.0 Å². The van der Waals surface area contributed by atoms with Crippen molar-refractivity contribution in [3.05, 3.63) is 81.7 Å². The number of carbonyl (C=O) groups is 1. The van der Waals surface area contributed by atoms with Gasteiger partial charge in [0.2, 0.25) is 0 Å². The lowest BCUT2D eigenvalue weighted by molar-refractivity contribution is -0.384. The Bertz CT molecular complexity index is 1180. The van der Waals surface area contributed by atoms with Gasteiger partial charge in [-0.25, -0.2) is 4.68 Å². The number of rotatable bonds is 4. The molecule has 8 nitrogen and oxygen atoms in total. The average Bonchev–Trinajstić information content (AvgIpc) is 3.19. The van der Waals surface area contributed by atoms with Crippen LogP contribution in [0.15, 0.2) is 54.7 Å². The third-order valence-electron chi connectivity index (χ3n) is 5.65. The van der Waals surface area contributed by atoms with Gasteiger partial charge in [0.25, 0.3) is 11.6 Å². The number of piperazine rings is 1. The summed E-state index contributed by atoms with van der Waals surface area (Å²) in [6, 6.07) is 11.0. The predicted octanol–water partition coefficient (Wildman–Crippen LogP) is 4.07. The third-order valence-corrected chi connectivity index (χ3v) is 5.65. The van der Waals surface area contributed by atoms with Crippen molar-refractivity contribution in [2.45, 2.75) is 13.1 Å². The molecule has 0 spiro atoms. The van der Waals surface area contributed by atoms with Crippen LogP contribution in [-0.4, -0.2) is 51.7 Å². The highest BCUT2D eigenvalue weighted by molar-refractivity contribution is 5.95. The lowest BCUT2D eigenvalue weighted by Crippen LogP contribution is -2.48. The number of carbonyl (C=O) groups excluding carboxylic acids is 1. The van der Waals surface area contributed by atoms with Crippen molar-refractivity contribution in [3.63, 3.8) is 0 Å². The quantitative estimate of drug-likeness (QED) is 0.434. The van der Waals surface area contributed by atoms with Crippen LogP contribution < -0.4 is 4.90 Å². The van der Waals surface area contributed by atoms with Gasteiger partial charge in [-0.2, -0.15) is 18.3 Å². The molecule has 1 fully saturated rings. The number of hydrogen-bond acceptors (Lipinski definition) is 5. The first-order valence-electron chi connectivity index (χ1n) is 10.2. The molecule has 0 unspecified atom stereocenters. The molecule has 0 saturated carbocycles. The number of halogens is 3. The minimum Gasteiger partial charge on any atom is -0.368 e. The van der Waals surface area contributed by atoms with Crippen molar-refractivity contribution in [2.75, 3.05) is 31.1 Å². The Morgan fingerprint density at radius 2 is 1.70 bits per heavy atom. The number of nitro benzene ring substituents is 1. The highest BCUT2D eigenvalue weighted by atomic mass is 19.4. The Kier molecular flexibility index (Phi) is 5.79. The van der Waals surface area contributed by atoms with Crippen LogP contribution in [-0.2, 0) is 6.18 Å². The van der Waals surface area contributed by atoms with Gasteiger partial charge in [-0.05, 0) is 37.3 Å². The number of nitrogens with zero attached hydrogens (tertiary/aromatic N) is 5. The van der Waals surface area contributed by atoms with Crippen molar-refractivity contribution in [1.29, 1.82) is 0 Å². The zero-order chi connectivity index (χ0) is 23.8. The van der Waals surface area contributed by atoms with E-state index >= 15 is 0 Å². The zero-order valence-electron chi connectivity index (χ0n) is 17.6. The summed E-state index contributed by atoms with van der Waals surface area (Å²) in [5.74, 6) is -0.242. The summed E-state index contributed by atoms with van der Waals surface area (Å²) >= 11 is 0. The first-order chi connectivity index (χ1) is 15.6. The summed E-state index contributed by atoms with van der Waals surface area (Å²) < 4.78 is 40.5. The monoisotopic (exact) mass is 459 g/mol. The van der Waals surface area contributed by atoms with E-state index in [1.807, 2.05) is 4.90 Å². The fourth-order valence-corrected chi connectivity index (χ4v) is 3.82. The van der Waals surface area contributed by atoms with E-state index in [9.17, 15) is 28.1 Å². The molecular weight excluding hydrogens is 439 g/mol. The summed E-state index contributed by atoms with van der Waals surface area (Å²) in [4.78, 5) is 27.1. The smallest absolute Gasteiger partial charge is 0.368 e. The predicted molar refractivity (Wildman–Crippen MR) is 115 cm³/mol. The first kappa shape index (κ1) is 22.3. The SMILES string of the molecule is Cc1c(C(=O)N2CCN(c3ccc([N+](=O)[O-])cc3)CC2)cnn1-c1cccc(C(F)(F)F)c1. The van der Waals surface area contributed by atoms with Crippen LogP contribution in [0.1, 0.15) is 21.6 Å². The second-order valence-corrected chi connectivity index (χ2v) is 7.66. The maximum absolute atomic E-state index is 13.1. The van der Waals surface area contributed by atoms with E-state index in [1.54, 1.807) is 24.0 Å². The van der Waals surface area contributed by atoms with Gasteiger partial charge in [0.1, 0.15) is 0 Å². The van der Waals surface area contributed by atoms with Gasteiger partial charge in [0.15, 0.2) is 0 Å². The number of nitro groups is 1. The van der Waals surface area contributed by atoms with Crippen molar-refractivity contribution in [2.24, 2.45) is 0 Å². The molecule has 1 saturated heterocycles. The molecule has 0 N–H and O–H groups in total. The number of anilines is 1. The van der Waals surface area contributed by atoms with E-state index in [1.165, 1.54) is 35.1 Å². The average molecular weight is 459 g/mol. The second-order valence-electron chi connectivity index (χ2n) is 7.66. The topological polar surface area (TPSA) is 84.5 Å². The number of benzene rings is 2. The molecule has 0 bridgehead atoms. The highest BCUT2D eigenvalue weighted by Gasteiger charge is 2.31. The van der Waals surface area contributed by atoms with Gasteiger partial charge in [-0.3, -0.25) is 14.9 Å². The molecule has 11 heteroatoms. The van der Waals surface area contributed by atoms with Gasteiger partial charge < -0.3 is 9.80 Å². The number of amides is 1. The normalized spacial score (nSPS) is 14.4. The van der Waals surface area contributed by atoms with Crippen LogP contribution in [0.4, 0.5) is 24.5 Å². The Morgan fingerprint density at radius 3 is 2.30 bits per heavy atom. The molecule has 172 valence electrons. The lowest BCUT2D eigenvalue weighted by Gasteiger charge is -2.36. The fourth-order valence-electron chi connectivity index (χ4n) is 3.82. The minimum absolute atomic E-state index is 0.0146. The molecule has 2 heterocycles. The van der Waals surface area contributed by atoms with Gasteiger partial charge in [0.05, 0.1) is 33.6 Å². The summed E-state index contributed by atoms with van der Waals surface area (Å²) in [5, 5.41) is 15.0. The Morgan fingerprint density at radius 1 is 1.03 bits per heavy atom. The second kappa shape index (κ2) is 8.57. The number of alkyl halides is 3. The maximum Gasteiger partial charge on any atom is 0.416 e. The van der Waals surface area contributed by atoms with Gasteiger partial charge in [-0.1, -0.05) is 6.07 Å². The zero-order valence-corrected chi connectivity index (χ0v) is 17.6. The van der Waals surface area contributed by atoms with E-state index < -0.39 is 16.7 Å². The number of hydrogen-bond donors (Lipinski definition) is 0. The van der Waals surface area contributed by atoms with E-state index in [2.05, 4.69) is 5.10 Å². The number of non-ortho nitro benzene ring substituents is 1. The Balaban J connectivity index is 1.46. The highest BCUT2D eigenvalue weighted by Crippen LogP contribution is 2.30. The molecule has 1 aliphatic heterocycles. The van der Waals surface area contributed by atoms with Gasteiger partial charge in [0, 0.05) is 44.0 Å². The van der Waals surface area contributed by atoms with Crippen LogP contribution in [0.5, 0.6) is 0 Å². The van der Waals surface area contributed by atoms with E-state index in [0.717, 1.165) is 17.8 Å². The van der Waals surface area contributed by atoms with Gasteiger partial charge >= 0.3 is 6.18 Å². The van der Waals surface area contributed by atoms with Crippen LogP contribution in [0.25, 0.3) is 5.69 Å². The molecule has 2 aromatic carbocycles. The molecule has 1 amide bonds. The minimum atomic E-state index is -4.47. The molecule has 1 aromatic heterocycles. The van der Waals surface area contributed by atoms with Crippen LogP contribution in [0.2, 0.25) is 0 Å². The maximum atomic E-state index is 13.1. The van der Waals surface area contributed by atoms with Crippen molar-refractivity contribution in [1.82, 2.24) is 14.7 Å². The van der Waals surface area contributed by atoms with Crippen LogP contribution >= 0.6 is 0 Å². The van der Waals surface area contributed by atoms with E-state index in [4.69, 9.17) is 0 Å². The summed E-state index contributed by atoms with van der Waals surface area (Å²) in [6.45, 7) is 3.61. The van der Waals surface area contributed by atoms with Gasteiger partial charge in [-0.15, -0.1) is 0 Å². The molecule has 3 aromatic rings. The van der Waals surface area contributed by atoms with Crippen molar-refractivity contribution in [3.8, 4) is 5.69 Å². The van der Waals surface area contributed by atoms with Crippen molar-refractivity contribution < 1.29 is 22.9 Å². The number of aromatic nitrogens is 2. The largest absolute Gasteiger partial charge is 0.416 e. The Hall–Kier alpha value is -3.89. The third kappa shape index (κ3) is 4.52. The molecule has 0 atom stereocenters. The molecule has 1 aliphatic rings.